The molecule has 208 valence electrons. The number of alkyl halides is 3. The Morgan fingerprint density at radius 3 is 2.05 bits per heavy atom. The predicted molar refractivity (Wildman–Crippen MR) is 141 cm³/mol. The number of hydrogen-bond donors (Lipinski definition) is 1. The number of esters is 1. The van der Waals surface area contributed by atoms with Crippen molar-refractivity contribution in [3.8, 4) is 0 Å². The van der Waals surface area contributed by atoms with Gasteiger partial charge in [0.15, 0.2) is 0 Å². The van der Waals surface area contributed by atoms with E-state index in [1.54, 1.807) is 26.8 Å². The molecule has 1 unspecified atom stereocenters. The van der Waals surface area contributed by atoms with E-state index in [0.717, 1.165) is 13.3 Å². The van der Waals surface area contributed by atoms with Crippen LogP contribution in [0.4, 0.5) is 18.9 Å². The van der Waals surface area contributed by atoms with Crippen LogP contribution in [0, 0.1) is 11.3 Å². The molecule has 0 saturated heterocycles. The van der Waals surface area contributed by atoms with Gasteiger partial charge in [0.1, 0.15) is 5.60 Å². The van der Waals surface area contributed by atoms with Crippen molar-refractivity contribution in [2.45, 2.75) is 70.8 Å². The van der Waals surface area contributed by atoms with E-state index in [1.807, 2.05) is 0 Å². The normalized spacial score (nSPS) is 17.6. The Labute approximate surface area is 231 Å². The number of methoxy groups -OCH3 is 1. The van der Waals surface area contributed by atoms with Crippen LogP contribution in [0.2, 0.25) is 10.0 Å². The fourth-order valence-corrected chi connectivity index (χ4v) is 5.02. The molecule has 1 amide bonds. The van der Waals surface area contributed by atoms with Gasteiger partial charge in [-0.15, -0.1) is 0 Å². The third-order valence-electron chi connectivity index (χ3n) is 6.87. The summed E-state index contributed by atoms with van der Waals surface area (Å²) in [6.07, 6.45) is -3.42. The molecule has 2 aromatic carbocycles. The number of benzene rings is 2. The zero-order chi connectivity index (χ0) is 28.5. The summed E-state index contributed by atoms with van der Waals surface area (Å²) < 4.78 is 52.7. The molecule has 1 fully saturated rings. The average molecular weight is 574 g/mol. The minimum Gasteiger partial charge on any atom is -0.459 e. The lowest BCUT2D eigenvalue weighted by Crippen LogP contribution is -2.47. The number of ether oxygens (including phenoxy) is 2. The second-order valence-electron chi connectivity index (χ2n) is 10.7. The zero-order valence-electron chi connectivity index (χ0n) is 21.9. The predicted octanol–water partition coefficient (Wildman–Crippen LogP) is 8.11. The van der Waals surface area contributed by atoms with Gasteiger partial charge in [-0.2, -0.15) is 13.2 Å². The van der Waals surface area contributed by atoms with Gasteiger partial charge >= 0.3 is 12.1 Å². The fraction of sp³-hybridized carbons (Fsp3) is 0.500. The molecule has 1 aliphatic rings. The van der Waals surface area contributed by atoms with Crippen LogP contribution in [-0.4, -0.2) is 30.8 Å². The summed E-state index contributed by atoms with van der Waals surface area (Å²) in [5.74, 6) is -4.80. The topological polar surface area (TPSA) is 64.6 Å². The summed E-state index contributed by atoms with van der Waals surface area (Å²) in [6.45, 7) is 6.31. The van der Waals surface area contributed by atoms with Gasteiger partial charge in [-0.1, -0.05) is 54.7 Å². The second-order valence-corrected chi connectivity index (χ2v) is 11.6. The van der Waals surface area contributed by atoms with Gasteiger partial charge in [0.05, 0.1) is 34.1 Å². The second kappa shape index (κ2) is 11.4. The minimum atomic E-state index is -4.63. The summed E-state index contributed by atoms with van der Waals surface area (Å²) in [5.41, 5.74) is -0.790. The molecule has 1 N–H and O–H groups in total. The number of nitrogens with one attached hydrogen (secondary N) is 1. The molecule has 3 atom stereocenters. The molecule has 1 saturated carbocycles. The molecule has 3 rings (SSSR count). The van der Waals surface area contributed by atoms with Crippen molar-refractivity contribution < 1.29 is 32.2 Å². The van der Waals surface area contributed by atoms with Crippen molar-refractivity contribution in [1.82, 2.24) is 0 Å². The van der Waals surface area contributed by atoms with Gasteiger partial charge in [-0.3, -0.25) is 9.59 Å². The van der Waals surface area contributed by atoms with E-state index in [4.69, 9.17) is 32.7 Å². The van der Waals surface area contributed by atoms with Gasteiger partial charge < -0.3 is 14.8 Å². The van der Waals surface area contributed by atoms with E-state index < -0.39 is 41.0 Å². The summed E-state index contributed by atoms with van der Waals surface area (Å²) in [5, 5.41) is 3.04. The lowest BCUT2D eigenvalue weighted by molar-refractivity contribution is -0.187. The Bertz CT molecular complexity index is 1160. The molecule has 10 heteroatoms. The first kappa shape index (κ1) is 30.3. The van der Waals surface area contributed by atoms with Gasteiger partial charge in [-0.05, 0) is 69.0 Å². The zero-order valence-corrected chi connectivity index (χ0v) is 23.4. The molecule has 0 aromatic heterocycles. The molecule has 0 bridgehead atoms. The summed E-state index contributed by atoms with van der Waals surface area (Å²) in [7, 11) is 1.48. The number of amides is 1. The summed E-state index contributed by atoms with van der Waals surface area (Å²) in [4.78, 5) is 26.5. The van der Waals surface area contributed by atoms with Gasteiger partial charge in [0, 0.05) is 12.1 Å². The maximum atomic E-state index is 13.7. The largest absolute Gasteiger partial charge is 0.459 e. The monoisotopic (exact) mass is 573 g/mol. The van der Waals surface area contributed by atoms with Gasteiger partial charge in [0.2, 0.25) is 5.91 Å². The first-order valence-electron chi connectivity index (χ1n) is 12.3. The van der Waals surface area contributed by atoms with E-state index in [2.05, 4.69) is 5.32 Å². The van der Waals surface area contributed by atoms with Crippen molar-refractivity contribution >= 4 is 40.8 Å². The van der Waals surface area contributed by atoms with Crippen LogP contribution in [0.25, 0.3) is 0 Å². The highest BCUT2D eigenvalue weighted by Gasteiger charge is 2.53. The number of carbonyl (C=O) groups is 2. The van der Waals surface area contributed by atoms with Crippen LogP contribution >= 0.6 is 23.2 Å². The molecular formula is C28H32Cl2F3NO4. The van der Waals surface area contributed by atoms with E-state index in [9.17, 15) is 22.8 Å². The van der Waals surface area contributed by atoms with Crippen molar-refractivity contribution in [1.29, 1.82) is 0 Å². The lowest BCUT2D eigenvalue weighted by atomic mass is 9.63. The Hall–Kier alpha value is -2.29. The number of carbonyl (C=O) groups excluding carboxylic acids is 2. The highest BCUT2D eigenvalue weighted by molar-refractivity contribution is 6.33. The molecule has 38 heavy (non-hydrogen) atoms. The Kier molecular flexibility index (Phi) is 9.11. The Morgan fingerprint density at radius 1 is 1.00 bits per heavy atom. The molecule has 0 aliphatic heterocycles. The summed E-state index contributed by atoms with van der Waals surface area (Å²) >= 11 is 12.3. The molecule has 1 aliphatic carbocycles. The van der Waals surface area contributed by atoms with Crippen molar-refractivity contribution in [2.75, 3.05) is 12.4 Å². The quantitative estimate of drug-likeness (QED) is 0.324. The van der Waals surface area contributed by atoms with E-state index in [0.29, 0.717) is 23.4 Å². The van der Waals surface area contributed by atoms with Crippen molar-refractivity contribution in [3.63, 3.8) is 0 Å². The minimum absolute atomic E-state index is 0.114. The molecular weight excluding hydrogens is 542 g/mol. The fourth-order valence-electron chi connectivity index (χ4n) is 4.73. The first-order valence-corrected chi connectivity index (χ1v) is 13.0. The molecule has 0 spiro atoms. The van der Waals surface area contributed by atoms with E-state index in [-0.39, 0.29) is 22.2 Å². The standard InChI is InChI=1S/C28H32Cl2F3NO4/c1-16(28(31,32)33)22(17-7-10-19(29)11-8-17)24(35)34-21-15-18(9-12-20(21)30)23(37-5)27(13-6-14-27)25(36)38-26(2,3)4/h7-12,15-16,22-23H,6,13-14H2,1-5H3,(H,34,35)/t16-,22+,23?/m1/s1. The van der Waals surface area contributed by atoms with Crippen LogP contribution in [-0.2, 0) is 19.1 Å². The van der Waals surface area contributed by atoms with Gasteiger partial charge in [-0.25, -0.2) is 0 Å². The van der Waals surface area contributed by atoms with Crippen LogP contribution in [0.3, 0.4) is 0 Å². The average Bonchev–Trinajstić information content (AvgIpc) is 2.77. The SMILES string of the molecule is COC(c1ccc(Cl)c(NC(=O)[C@H](c2ccc(Cl)cc2)[C@@H](C)C(F)(F)F)c1)C1(C(=O)OC(C)(C)C)CCC1. The number of rotatable bonds is 8. The van der Waals surface area contributed by atoms with Gasteiger partial charge in [0.25, 0.3) is 0 Å². The number of hydrogen-bond acceptors (Lipinski definition) is 4. The molecule has 5 nitrogen and oxygen atoms in total. The summed E-state index contributed by atoms with van der Waals surface area (Å²) in [6, 6.07) is 10.4. The maximum absolute atomic E-state index is 13.7. The molecule has 0 radical (unpaired) electrons. The smallest absolute Gasteiger partial charge is 0.392 e. The van der Waals surface area contributed by atoms with Crippen LogP contribution < -0.4 is 5.32 Å². The Balaban J connectivity index is 1.95. The van der Waals surface area contributed by atoms with Crippen LogP contribution in [0.5, 0.6) is 0 Å². The third-order valence-corrected chi connectivity index (χ3v) is 7.45. The van der Waals surface area contributed by atoms with Crippen LogP contribution in [0.15, 0.2) is 42.5 Å². The maximum Gasteiger partial charge on any atom is 0.392 e. The van der Waals surface area contributed by atoms with Crippen molar-refractivity contribution in [3.05, 3.63) is 63.6 Å². The number of anilines is 1. The molecule has 2 aromatic rings. The lowest BCUT2D eigenvalue weighted by Gasteiger charge is -2.45. The van der Waals surface area contributed by atoms with Crippen molar-refractivity contribution in [2.24, 2.45) is 11.3 Å². The third kappa shape index (κ3) is 6.64. The Morgan fingerprint density at radius 2 is 1.58 bits per heavy atom. The van der Waals surface area contributed by atoms with E-state index in [1.165, 1.54) is 43.5 Å². The van der Waals surface area contributed by atoms with Crippen LogP contribution in [0.1, 0.15) is 70.1 Å². The highest BCUT2D eigenvalue weighted by Crippen LogP contribution is 2.53. The highest BCUT2D eigenvalue weighted by atomic mass is 35.5. The first-order chi connectivity index (χ1) is 17.6. The van der Waals surface area contributed by atoms with E-state index >= 15 is 0 Å². The number of halogens is 5. The molecule has 0 heterocycles.